The van der Waals surface area contributed by atoms with Gasteiger partial charge in [-0.2, -0.15) is 0 Å². The van der Waals surface area contributed by atoms with Gasteiger partial charge in [0.15, 0.2) is 0 Å². The maximum Gasteiger partial charge on any atom is 0.310 e. The minimum Gasteiger partial charge on any atom is -0.469 e. The van der Waals surface area contributed by atoms with Crippen molar-refractivity contribution < 1.29 is 19.4 Å². The summed E-state index contributed by atoms with van der Waals surface area (Å²) in [6.45, 7) is 2.27. The number of hydrogen-bond acceptors (Lipinski definition) is 4. The van der Waals surface area contributed by atoms with E-state index in [2.05, 4.69) is 4.74 Å². The molecule has 1 aromatic rings. The number of methoxy groups -OCH3 is 1. The maximum atomic E-state index is 12.5. The zero-order valence-corrected chi connectivity index (χ0v) is 13.0. The molecule has 21 heavy (non-hydrogen) atoms. The third-order valence-corrected chi connectivity index (χ3v) is 3.28. The first-order valence-electron chi connectivity index (χ1n) is 6.73. The van der Waals surface area contributed by atoms with Crippen molar-refractivity contribution in [1.82, 2.24) is 4.90 Å². The molecule has 0 aromatic heterocycles. The Morgan fingerprint density at radius 1 is 1.43 bits per heavy atom. The molecule has 6 heteroatoms. The fourth-order valence-electron chi connectivity index (χ4n) is 1.95. The molecule has 0 saturated heterocycles. The fourth-order valence-corrected chi connectivity index (χ4v) is 2.14. The van der Waals surface area contributed by atoms with Gasteiger partial charge in [0.2, 0.25) is 0 Å². The molecule has 0 heterocycles. The summed E-state index contributed by atoms with van der Waals surface area (Å²) in [7, 11) is 1.32. The molecule has 0 radical (unpaired) electrons. The summed E-state index contributed by atoms with van der Waals surface area (Å²) < 4.78 is 4.67. The molecule has 0 fully saturated rings. The molecular weight excluding hydrogens is 294 g/mol. The molecular formula is C15H20ClNO4. The van der Waals surface area contributed by atoms with Crippen LogP contribution in [0.5, 0.6) is 0 Å². The van der Waals surface area contributed by atoms with E-state index in [-0.39, 0.29) is 25.0 Å². The number of carbonyl (C=O) groups excluding carboxylic acids is 2. The highest BCUT2D eigenvalue weighted by Gasteiger charge is 2.22. The van der Waals surface area contributed by atoms with Gasteiger partial charge in [0.25, 0.3) is 5.91 Å². The van der Waals surface area contributed by atoms with Gasteiger partial charge in [-0.25, -0.2) is 0 Å². The van der Waals surface area contributed by atoms with E-state index in [1.54, 1.807) is 31.2 Å². The monoisotopic (exact) mass is 313 g/mol. The summed E-state index contributed by atoms with van der Waals surface area (Å²) in [5, 5.41) is 9.43. The van der Waals surface area contributed by atoms with Crippen LogP contribution in [0.3, 0.4) is 0 Å². The number of aliphatic hydroxyl groups excluding tert-OH is 1. The summed E-state index contributed by atoms with van der Waals surface area (Å²) in [4.78, 5) is 25.5. The minimum absolute atomic E-state index is 0.0219. The smallest absolute Gasteiger partial charge is 0.310 e. The molecule has 1 aromatic carbocycles. The predicted molar refractivity (Wildman–Crippen MR) is 80.2 cm³/mol. The van der Waals surface area contributed by atoms with Crippen LogP contribution >= 0.6 is 11.6 Å². The van der Waals surface area contributed by atoms with Crippen molar-refractivity contribution in [2.24, 2.45) is 5.92 Å². The average molecular weight is 314 g/mol. The van der Waals surface area contributed by atoms with Gasteiger partial charge < -0.3 is 14.7 Å². The van der Waals surface area contributed by atoms with E-state index < -0.39 is 5.92 Å². The van der Waals surface area contributed by atoms with Crippen LogP contribution in [0.2, 0.25) is 5.02 Å². The lowest BCUT2D eigenvalue weighted by atomic mass is 10.1. The van der Waals surface area contributed by atoms with Gasteiger partial charge in [0.05, 0.1) is 13.0 Å². The number of hydrogen-bond donors (Lipinski definition) is 1. The van der Waals surface area contributed by atoms with E-state index in [1.807, 2.05) is 0 Å². The zero-order chi connectivity index (χ0) is 15.8. The highest BCUT2D eigenvalue weighted by atomic mass is 35.5. The standard InChI is InChI=1S/C15H20ClNO4/c1-11(15(20)21-2)10-17(7-4-8-18)14(19)12-5-3-6-13(16)9-12/h3,5-6,9,11,18H,4,7-8,10H2,1-2H3. The Hall–Kier alpha value is -1.59. The molecule has 5 nitrogen and oxygen atoms in total. The highest BCUT2D eigenvalue weighted by Crippen LogP contribution is 2.14. The Kier molecular flexibility index (Phi) is 7.19. The molecule has 0 bridgehead atoms. The Balaban J connectivity index is 2.85. The van der Waals surface area contributed by atoms with Crippen LogP contribution in [0.15, 0.2) is 24.3 Å². The number of carbonyl (C=O) groups is 2. The third-order valence-electron chi connectivity index (χ3n) is 3.04. The zero-order valence-electron chi connectivity index (χ0n) is 12.2. The summed E-state index contributed by atoms with van der Waals surface area (Å²) in [5.41, 5.74) is 0.456. The fraction of sp³-hybridized carbons (Fsp3) is 0.467. The lowest BCUT2D eigenvalue weighted by Crippen LogP contribution is -2.38. The van der Waals surface area contributed by atoms with Gasteiger partial charge in [0, 0.05) is 30.3 Å². The first-order chi connectivity index (χ1) is 9.99. The van der Waals surface area contributed by atoms with E-state index in [0.717, 1.165) is 0 Å². The van der Waals surface area contributed by atoms with Crippen molar-refractivity contribution in [2.75, 3.05) is 26.8 Å². The molecule has 1 rings (SSSR count). The summed E-state index contributed by atoms with van der Waals surface area (Å²) in [6.07, 6.45) is 0.445. The molecule has 1 atom stereocenters. The molecule has 0 saturated carbocycles. The molecule has 0 aliphatic rings. The Morgan fingerprint density at radius 2 is 2.14 bits per heavy atom. The Labute approximate surface area is 129 Å². The lowest BCUT2D eigenvalue weighted by Gasteiger charge is -2.25. The van der Waals surface area contributed by atoms with E-state index in [0.29, 0.717) is 23.6 Å². The topological polar surface area (TPSA) is 66.8 Å². The predicted octanol–water partition coefficient (Wildman–Crippen LogP) is 1.97. The molecule has 1 amide bonds. The molecule has 116 valence electrons. The van der Waals surface area contributed by atoms with Crippen LogP contribution in [0.4, 0.5) is 0 Å². The van der Waals surface area contributed by atoms with E-state index in [1.165, 1.54) is 12.0 Å². The van der Waals surface area contributed by atoms with Crippen molar-refractivity contribution >= 4 is 23.5 Å². The minimum atomic E-state index is -0.433. The van der Waals surface area contributed by atoms with Crippen molar-refractivity contribution in [2.45, 2.75) is 13.3 Å². The summed E-state index contributed by atoms with van der Waals surface area (Å²) in [6, 6.07) is 6.64. The quantitative estimate of drug-likeness (QED) is 0.782. The summed E-state index contributed by atoms with van der Waals surface area (Å²) >= 11 is 5.89. The second-order valence-electron chi connectivity index (χ2n) is 4.76. The van der Waals surface area contributed by atoms with Gasteiger partial charge in [-0.15, -0.1) is 0 Å². The second-order valence-corrected chi connectivity index (χ2v) is 5.20. The molecule has 1 unspecified atom stereocenters. The SMILES string of the molecule is COC(=O)C(C)CN(CCCO)C(=O)c1cccc(Cl)c1. The Morgan fingerprint density at radius 3 is 2.71 bits per heavy atom. The number of amides is 1. The lowest BCUT2D eigenvalue weighted by molar-refractivity contribution is -0.145. The number of benzene rings is 1. The summed E-state index contributed by atoms with van der Waals surface area (Å²) in [5.74, 6) is -1.03. The Bertz CT molecular complexity index is 492. The van der Waals surface area contributed by atoms with Crippen LogP contribution < -0.4 is 0 Å². The second kappa shape index (κ2) is 8.64. The van der Waals surface area contributed by atoms with Crippen LogP contribution in [-0.4, -0.2) is 48.7 Å². The third kappa shape index (κ3) is 5.36. The molecule has 0 aliphatic carbocycles. The maximum absolute atomic E-state index is 12.5. The van der Waals surface area contributed by atoms with Crippen molar-refractivity contribution in [3.63, 3.8) is 0 Å². The number of nitrogens with zero attached hydrogens (tertiary/aromatic N) is 1. The van der Waals surface area contributed by atoms with Gasteiger partial charge in [0.1, 0.15) is 0 Å². The number of rotatable bonds is 7. The average Bonchev–Trinajstić information content (AvgIpc) is 2.49. The van der Waals surface area contributed by atoms with E-state index in [4.69, 9.17) is 16.7 Å². The van der Waals surface area contributed by atoms with Crippen LogP contribution in [0.25, 0.3) is 0 Å². The largest absolute Gasteiger partial charge is 0.469 e. The van der Waals surface area contributed by atoms with Crippen LogP contribution in [0.1, 0.15) is 23.7 Å². The first kappa shape index (κ1) is 17.5. The van der Waals surface area contributed by atoms with E-state index >= 15 is 0 Å². The van der Waals surface area contributed by atoms with Crippen molar-refractivity contribution in [3.8, 4) is 0 Å². The molecule has 0 aliphatic heterocycles. The molecule has 1 N–H and O–H groups in total. The van der Waals surface area contributed by atoms with Crippen LogP contribution in [-0.2, 0) is 9.53 Å². The van der Waals surface area contributed by atoms with Gasteiger partial charge in [-0.1, -0.05) is 24.6 Å². The van der Waals surface area contributed by atoms with Crippen LogP contribution in [0, 0.1) is 5.92 Å². The highest BCUT2D eigenvalue weighted by molar-refractivity contribution is 6.30. The van der Waals surface area contributed by atoms with Crippen molar-refractivity contribution in [3.05, 3.63) is 34.9 Å². The first-order valence-corrected chi connectivity index (χ1v) is 7.11. The van der Waals surface area contributed by atoms with E-state index in [9.17, 15) is 9.59 Å². The molecule has 0 spiro atoms. The number of halogens is 1. The van der Waals surface area contributed by atoms with Gasteiger partial charge >= 0.3 is 5.97 Å². The normalized spacial score (nSPS) is 11.8. The van der Waals surface area contributed by atoms with Gasteiger partial charge in [-0.3, -0.25) is 9.59 Å². The number of ether oxygens (including phenoxy) is 1. The number of esters is 1. The van der Waals surface area contributed by atoms with Gasteiger partial charge in [-0.05, 0) is 24.6 Å². The van der Waals surface area contributed by atoms with Crippen molar-refractivity contribution in [1.29, 1.82) is 0 Å². The number of aliphatic hydroxyl groups is 1.